The number of thioether (sulfide) groups is 1. The highest BCUT2D eigenvalue weighted by Gasteiger charge is 2.28. The van der Waals surface area contributed by atoms with E-state index in [0.29, 0.717) is 17.2 Å². The Labute approximate surface area is 159 Å². The van der Waals surface area contributed by atoms with Crippen LogP contribution in [0.4, 0.5) is 0 Å². The fourth-order valence-corrected chi connectivity index (χ4v) is 4.00. The summed E-state index contributed by atoms with van der Waals surface area (Å²) >= 11 is 1.47. The van der Waals surface area contributed by atoms with E-state index in [1.165, 1.54) is 17.3 Å². The summed E-state index contributed by atoms with van der Waals surface area (Å²) in [5, 5.41) is 9.50. The number of piperazine rings is 1. The maximum Gasteiger partial charge on any atom is 0.286 e. The van der Waals surface area contributed by atoms with E-state index in [4.69, 9.17) is 5.26 Å². The molecule has 0 aromatic heterocycles. The lowest BCUT2D eigenvalue weighted by molar-refractivity contribution is -0.113. The zero-order valence-electron chi connectivity index (χ0n) is 15.3. The van der Waals surface area contributed by atoms with Crippen molar-refractivity contribution in [2.45, 2.75) is 26.2 Å². The van der Waals surface area contributed by atoms with Crippen molar-refractivity contribution in [1.82, 2.24) is 9.80 Å². The van der Waals surface area contributed by atoms with Crippen molar-refractivity contribution in [1.29, 1.82) is 5.26 Å². The highest BCUT2D eigenvalue weighted by Crippen LogP contribution is 2.31. The van der Waals surface area contributed by atoms with Crippen LogP contribution in [-0.2, 0) is 4.79 Å². The van der Waals surface area contributed by atoms with E-state index in [2.05, 4.69) is 59.0 Å². The highest BCUT2D eigenvalue weighted by atomic mass is 32.2. The van der Waals surface area contributed by atoms with Crippen LogP contribution in [0.25, 0.3) is 6.08 Å². The zero-order chi connectivity index (χ0) is 18.5. The minimum atomic E-state index is -0.148. The van der Waals surface area contributed by atoms with Crippen molar-refractivity contribution in [2.75, 3.05) is 32.7 Å². The van der Waals surface area contributed by atoms with Crippen LogP contribution >= 0.6 is 11.8 Å². The minimum Gasteiger partial charge on any atom is -0.348 e. The molecule has 2 heterocycles. The van der Waals surface area contributed by atoms with Crippen molar-refractivity contribution in [3.05, 3.63) is 40.3 Å². The van der Waals surface area contributed by atoms with Gasteiger partial charge >= 0.3 is 0 Å². The predicted molar refractivity (Wildman–Crippen MR) is 107 cm³/mol. The Morgan fingerprint density at radius 2 is 1.92 bits per heavy atom. The zero-order valence-corrected chi connectivity index (χ0v) is 16.1. The number of aliphatic imine (C=N–C) groups is 1. The molecule has 1 saturated heterocycles. The van der Waals surface area contributed by atoms with E-state index in [1.54, 1.807) is 0 Å². The second-order valence-corrected chi connectivity index (χ2v) is 7.88. The normalized spacial score (nSPS) is 19.9. The van der Waals surface area contributed by atoms with Crippen LogP contribution in [0.15, 0.2) is 34.2 Å². The van der Waals surface area contributed by atoms with E-state index < -0.39 is 0 Å². The third kappa shape index (κ3) is 4.54. The standard InChI is InChI=1S/C20H24N4OS/c1-15(2)17-6-4-16(5-7-17)14-18-19(25)22-20(26-18)24-12-10-23(11-13-24)9-3-8-21/h4-7,14-15H,3,9-13H2,1-2H3/b18-14-. The molecule has 0 atom stereocenters. The van der Waals surface area contributed by atoms with E-state index >= 15 is 0 Å². The monoisotopic (exact) mass is 368 g/mol. The molecule has 0 unspecified atom stereocenters. The summed E-state index contributed by atoms with van der Waals surface area (Å²) in [6.07, 6.45) is 2.49. The first-order valence-corrected chi connectivity index (χ1v) is 9.85. The Morgan fingerprint density at radius 1 is 1.23 bits per heavy atom. The lowest BCUT2D eigenvalue weighted by Crippen LogP contribution is -2.47. The van der Waals surface area contributed by atoms with Crippen LogP contribution in [0, 0.1) is 11.3 Å². The van der Waals surface area contributed by atoms with Crippen LogP contribution in [0.1, 0.15) is 37.3 Å². The molecule has 1 aromatic rings. The van der Waals surface area contributed by atoms with E-state index in [-0.39, 0.29) is 5.91 Å². The van der Waals surface area contributed by atoms with Crippen LogP contribution in [0.2, 0.25) is 0 Å². The molecule has 6 heteroatoms. The molecule has 1 amide bonds. The van der Waals surface area contributed by atoms with Gasteiger partial charge in [-0.1, -0.05) is 38.1 Å². The quantitative estimate of drug-likeness (QED) is 0.763. The summed E-state index contributed by atoms with van der Waals surface area (Å²) < 4.78 is 0. The smallest absolute Gasteiger partial charge is 0.286 e. The Morgan fingerprint density at radius 3 is 2.54 bits per heavy atom. The first-order chi connectivity index (χ1) is 12.6. The Bertz CT molecular complexity index is 753. The van der Waals surface area contributed by atoms with Gasteiger partial charge in [0.05, 0.1) is 11.0 Å². The number of rotatable bonds is 4. The lowest BCUT2D eigenvalue weighted by atomic mass is 10.0. The number of nitriles is 1. The van der Waals surface area contributed by atoms with E-state index in [1.807, 2.05) is 6.08 Å². The summed E-state index contributed by atoms with van der Waals surface area (Å²) in [6.45, 7) is 8.67. The third-order valence-corrected chi connectivity index (χ3v) is 5.74. The third-order valence-electron chi connectivity index (χ3n) is 4.69. The summed E-state index contributed by atoms with van der Waals surface area (Å²) in [7, 11) is 0. The molecule has 0 spiro atoms. The number of amides is 1. The number of carbonyl (C=O) groups is 1. The molecule has 5 nitrogen and oxygen atoms in total. The molecule has 0 saturated carbocycles. The maximum atomic E-state index is 12.3. The van der Waals surface area contributed by atoms with Gasteiger partial charge in [-0.2, -0.15) is 10.3 Å². The van der Waals surface area contributed by atoms with Crippen LogP contribution in [0.5, 0.6) is 0 Å². The number of hydrogen-bond donors (Lipinski definition) is 0. The van der Waals surface area contributed by atoms with E-state index in [0.717, 1.165) is 43.5 Å². The largest absolute Gasteiger partial charge is 0.348 e. The number of benzene rings is 1. The second kappa shape index (κ2) is 8.52. The molecule has 1 aromatic carbocycles. The summed E-state index contributed by atoms with van der Waals surface area (Å²) in [6, 6.07) is 10.5. The lowest BCUT2D eigenvalue weighted by Gasteiger charge is -2.34. The molecule has 2 aliphatic heterocycles. The van der Waals surface area contributed by atoms with Gasteiger partial charge in [0.15, 0.2) is 5.17 Å². The Balaban J connectivity index is 1.60. The first kappa shape index (κ1) is 18.7. The SMILES string of the molecule is CC(C)c1ccc(/C=C2\SC(N3CCN(CCC#N)CC3)=NC2=O)cc1. The average Bonchev–Trinajstić information content (AvgIpc) is 3.01. The van der Waals surface area contributed by atoms with Crippen LogP contribution in [0.3, 0.4) is 0 Å². The molecule has 3 rings (SSSR count). The molecule has 26 heavy (non-hydrogen) atoms. The summed E-state index contributed by atoms with van der Waals surface area (Å²) in [4.78, 5) is 21.7. The number of carbonyl (C=O) groups excluding carboxylic acids is 1. The summed E-state index contributed by atoms with van der Waals surface area (Å²) in [5.41, 5.74) is 2.33. The van der Waals surface area contributed by atoms with Crippen LogP contribution in [-0.4, -0.2) is 53.6 Å². The number of hydrogen-bond acceptors (Lipinski definition) is 5. The van der Waals surface area contributed by atoms with Crippen molar-refractivity contribution < 1.29 is 4.79 Å². The molecule has 136 valence electrons. The number of nitrogens with zero attached hydrogens (tertiary/aromatic N) is 4. The molecule has 0 bridgehead atoms. The van der Waals surface area contributed by atoms with Crippen molar-refractivity contribution in [3.63, 3.8) is 0 Å². The van der Waals surface area contributed by atoms with Crippen molar-refractivity contribution in [3.8, 4) is 6.07 Å². The second-order valence-electron chi connectivity index (χ2n) is 6.87. The molecule has 0 radical (unpaired) electrons. The fraction of sp³-hybridized carbons (Fsp3) is 0.450. The van der Waals surface area contributed by atoms with Gasteiger partial charge in [-0.05, 0) is 34.9 Å². The highest BCUT2D eigenvalue weighted by molar-refractivity contribution is 8.18. The van der Waals surface area contributed by atoms with Gasteiger partial charge in [0.25, 0.3) is 5.91 Å². The minimum absolute atomic E-state index is 0.148. The van der Waals surface area contributed by atoms with Gasteiger partial charge in [0.1, 0.15) is 0 Å². The first-order valence-electron chi connectivity index (χ1n) is 9.03. The maximum absolute atomic E-state index is 12.3. The topological polar surface area (TPSA) is 59.7 Å². The molecular weight excluding hydrogens is 344 g/mol. The van der Waals surface area contributed by atoms with Gasteiger partial charge in [-0.3, -0.25) is 9.69 Å². The number of amidine groups is 1. The van der Waals surface area contributed by atoms with E-state index in [9.17, 15) is 4.79 Å². The van der Waals surface area contributed by atoms with Crippen molar-refractivity contribution in [2.24, 2.45) is 4.99 Å². The average molecular weight is 369 g/mol. The molecule has 0 N–H and O–H groups in total. The van der Waals surface area contributed by atoms with Gasteiger partial charge in [-0.25, -0.2) is 0 Å². The molecular formula is C20H24N4OS. The molecule has 2 aliphatic rings. The van der Waals surface area contributed by atoms with Gasteiger partial charge in [0, 0.05) is 39.1 Å². The Kier molecular flexibility index (Phi) is 6.12. The van der Waals surface area contributed by atoms with Gasteiger partial charge < -0.3 is 4.90 Å². The van der Waals surface area contributed by atoms with Crippen LogP contribution < -0.4 is 0 Å². The predicted octanol–water partition coefficient (Wildman–Crippen LogP) is 3.31. The fourth-order valence-electron chi connectivity index (χ4n) is 3.03. The Hall–Kier alpha value is -2.10. The van der Waals surface area contributed by atoms with Crippen molar-refractivity contribution >= 4 is 28.9 Å². The summed E-state index contributed by atoms with van der Waals surface area (Å²) in [5.74, 6) is 0.353. The van der Waals surface area contributed by atoms with Gasteiger partial charge in [-0.15, -0.1) is 0 Å². The molecule has 1 fully saturated rings. The van der Waals surface area contributed by atoms with Gasteiger partial charge in [0.2, 0.25) is 0 Å². The molecule has 0 aliphatic carbocycles.